The fourth-order valence-electron chi connectivity index (χ4n) is 3.04. The van der Waals surface area contributed by atoms with Crippen LogP contribution in [0.15, 0.2) is 24.3 Å². The van der Waals surface area contributed by atoms with E-state index in [-0.39, 0.29) is 21.7 Å². The van der Waals surface area contributed by atoms with E-state index in [9.17, 15) is 17.6 Å². The predicted octanol–water partition coefficient (Wildman–Crippen LogP) is 7.48. The Bertz CT molecular complexity index is 649. The quantitative estimate of drug-likeness (QED) is 0.226. The molecule has 0 bridgehead atoms. The van der Waals surface area contributed by atoms with Gasteiger partial charge in [-0.05, 0) is 11.8 Å². The Morgan fingerprint density at radius 2 is 0.931 bits per heavy atom. The molecule has 2 rings (SSSR count). The Morgan fingerprint density at radius 3 is 1.17 bits per heavy atom. The molecule has 0 unspecified atom stereocenters. The van der Waals surface area contributed by atoms with Crippen molar-refractivity contribution in [1.82, 2.24) is 0 Å². The average Bonchev–Trinajstić information content (AvgIpc) is 2.67. The zero-order valence-electron chi connectivity index (χ0n) is 17.7. The number of halogens is 4. The van der Waals surface area contributed by atoms with Crippen LogP contribution >= 0.6 is 0 Å². The van der Waals surface area contributed by atoms with Crippen molar-refractivity contribution in [3.63, 3.8) is 0 Å². The second-order valence-electron chi connectivity index (χ2n) is 7.06. The first-order valence-electron chi connectivity index (χ1n) is 10.1. The van der Waals surface area contributed by atoms with Crippen LogP contribution in [-0.2, 0) is 34.6 Å². The molecule has 0 saturated heterocycles. The van der Waals surface area contributed by atoms with Gasteiger partial charge in [-0.3, -0.25) is 0 Å². The van der Waals surface area contributed by atoms with E-state index in [1.165, 1.54) is 24.3 Å². The minimum Gasteiger partial charge on any atom is -0.236 e. The van der Waals surface area contributed by atoms with E-state index in [1.807, 2.05) is 0 Å². The molecule has 0 radical (unpaired) electrons. The summed E-state index contributed by atoms with van der Waals surface area (Å²) in [4.78, 5) is 0. The first-order chi connectivity index (χ1) is 13.3. The fraction of sp³-hybridized carbons (Fsp3) is 0.500. The smallest absolute Gasteiger partial charge is 0.236 e. The van der Waals surface area contributed by atoms with Gasteiger partial charge in [-0.1, -0.05) is 66.2 Å². The normalized spacial score (nSPS) is 10.6. The fourth-order valence-corrected chi connectivity index (χ4v) is 3.04. The molecule has 0 saturated carbocycles. The van der Waals surface area contributed by atoms with Gasteiger partial charge in [0, 0.05) is 23.3 Å². The maximum Gasteiger partial charge on any atom is 2.00 e. The van der Waals surface area contributed by atoms with Gasteiger partial charge in [-0.2, -0.15) is 12.1 Å². The van der Waals surface area contributed by atoms with Gasteiger partial charge >= 0.3 is 21.7 Å². The van der Waals surface area contributed by atoms with Gasteiger partial charge in [-0.15, -0.1) is 35.4 Å². The summed E-state index contributed by atoms with van der Waals surface area (Å²) in [5.74, 6) is -1.40. The van der Waals surface area contributed by atoms with Crippen LogP contribution < -0.4 is 0 Å². The maximum atomic E-state index is 13.2. The molecule has 0 amide bonds. The van der Waals surface area contributed by atoms with E-state index in [2.05, 4.69) is 39.8 Å². The second kappa shape index (κ2) is 14.8. The van der Waals surface area contributed by atoms with Crippen LogP contribution in [-0.4, -0.2) is 0 Å². The predicted molar refractivity (Wildman–Crippen MR) is 106 cm³/mol. The topological polar surface area (TPSA) is 0 Å². The summed E-state index contributed by atoms with van der Waals surface area (Å²) in [5.41, 5.74) is 1.14. The van der Waals surface area contributed by atoms with Gasteiger partial charge in [-0.25, -0.2) is 17.6 Å². The second-order valence-corrected chi connectivity index (χ2v) is 7.06. The molecule has 0 aromatic heterocycles. The van der Waals surface area contributed by atoms with Crippen LogP contribution in [0.3, 0.4) is 0 Å². The van der Waals surface area contributed by atoms with E-state index in [4.69, 9.17) is 0 Å². The summed E-state index contributed by atoms with van der Waals surface area (Å²) in [7, 11) is 0. The monoisotopic (exact) mass is 442 g/mol. The summed E-state index contributed by atoms with van der Waals surface area (Å²) in [6, 6.07) is 9.67. The van der Waals surface area contributed by atoms with Gasteiger partial charge in [0.25, 0.3) is 0 Å². The summed E-state index contributed by atoms with van der Waals surface area (Å²) in [6.45, 7) is 8.33. The molecular formula is C24H30F4Ti. The Balaban J connectivity index is 0.000000523. The van der Waals surface area contributed by atoms with Crippen molar-refractivity contribution in [2.75, 3.05) is 0 Å². The number of rotatable bonds is 8. The summed E-state index contributed by atoms with van der Waals surface area (Å²) in [5, 5.41) is 0. The van der Waals surface area contributed by atoms with Crippen LogP contribution in [0.5, 0.6) is 0 Å². The van der Waals surface area contributed by atoms with Gasteiger partial charge in [0.2, 0.25) is 0 Å². The maximum absolute atomic E-state index is 13.2. The van der Waals surface area contributed by atoms with E-state index >= 15 is 0 Å². The average molecular weight is 442 g/mol. The molecule has 2 aromatic carbocycles. The minimum atomic E-state index is -0.629. The zero-order chi connectivity index (χ0) is 21.1. The number of benzene rings is 2. The summed E-state index contributed by atoms with van der Waals surface area (Å²) >= 11 is 0. The Hall–Kier alpha value is -1.13. The molecule has 0 nitrogen and oxygen atoms in total. The Morgan fingerprint density at radius 1 is 0.621 bits per heavy atom. The van der Waals surface area contributed by atoms with Crippen molar-refractivity contribution >= 4 is 0 Å². The molecule has 0 aliphatic rings. The van der Waals surface area contributed by atoms with Crippen LogP contribution in [0.1, 0.15) is 64.5 Å². The standard InChI is InChI=1S/2C12H15F2.Ti/c2*1-3-9(4-2)7-10-5-6-11(13)8-12(10)14;/h2*5-6,9H,3-4,7H2,1-2H3;/q2*-1;+2. The van der Waals surface area contributed by atoms with Crippen molar-refractivity contribution < 1.29 is 39.3 Å². The molecule has 0 heterocycles. The molecule has 0 fully saturated rings. The van der Waals surface area contributed by atoms with E-state index in [1.54, 1.807) is 0 Å². The molecular weight excluding hydrogens is 412 g/mol. The Kier molecular flexibility index (Phi) is 14.2. The van der Waals surface area contributed by atoms with E-state index in [0.29, 0.717) is 35.8 Å². The van der Waals surface area contributed by atoms with Crippen LogP contribution in [0, 0.1) is 47.2 Å². The van der Waals surface area contributed by atoms with Crippen LogP contribution in [0.25, 0.3) is 0 Å². The van der Waals surface area contributed by atoms with Crippen LogP contribution in [0.2, 0.25) is 0 Å². The van der Waals surface area contributed by atoms with Gasteiger partial charge in [0.1, 0.15) is 0 Å². The largest absolute Gasteiger partial charge is 2.00 e. The molecule has 2 aromatic rings. The number of hydrogen-bond acceptors (Lipinski definition) is 0. The molecule has 0 aliphatic carbocycles. The molecule has 0 spiro atoms. The summed E-state index contributed by atoms with van der Waals surface area (Å²) < 4.78 is 51.5. The molecule has 0 atom stereocenters. The first-order valence-corrected chi connectivity index (χ1v) is 10.1. The van der Waals surface area contributed by atoms with Crippen molar-refractivity contribution in [1.29, 1.82) is 0 Å². The minimum absolute atomic E-state index is 0. The van der Waals surface area contributed by atoms with Crippen LogP contribution in [0.4, 0.5) is 17.6 Å². The summed E-state index contributed by atoms with van der Waals surface area (Å²) in [6.07, 6.45) is 5.44. The van der Waals surface area contributed by atoms with Crippen molar-refractivity contribution in [3.8, 4) is 0 Å². The molecule has 158 valence electrons. The molecule has 0 aliphatic heterocycles. The molecule has 29 heavy (non-hydrogen) atoms. The van der Waals surface area contributed by atoms with Gasteiger partial charge in [0.05, 0.1) is 0 Å². The van der Waals surface area contributed by atoms with Gasteiger partial charge in [0.15, 0.2) is 0 Å². The molecule has 5 heteroatoms. The third-order valence-corrected chi connectivity index (χ3v) is 5.21. The van der Waals surface area contributed by atoms with Crippen molar-refractivity contribution in [3.05, 3.63) is 70.8 Å². The molecule has 0 N–H and O–H groups in total. The SMILES string of the molecule is CCC(CC)Cc1ccc(F)[c-]c1F.CCC(CC)Cc1ccc(F)[c-]c1F.[Ti+2]. The van der Waals surface area contributed by atoms with Gasteiger partial charge < -0.3 is 0 Å². The zero-order valence-corrected chi connectivity index (χ0v) is 19.3. The van der Waals surface area contributed by atoms with E-state index < -0.39 is 23.3 Å². The third-order valence-electron chi connectivity index (χ3n) is 5.21. The third kappa shape index (κ3) is 9.95. The first kappa shape index (κ1) is 27.9. The van der Waals surface area contributed by atoms with Crippen molar-refractivity contribution in [2.45, 2.75) is 66.2 Å². The Labute approximate surface area is 188 Å². The number of hydrogen-bond donors (Lipinski definition) is 0. The van der Waals surface area contributed by atoms with E-state index in [0.717, 1.165) is 25.7 Å². The van der Waals surface area contributed by atoms with Crippen molar-refractivity contribution in [2.24, 2.45) is 11.8 Å².